The molecule has 0 spiro atoms. The van der Waals surface area contributed by atoms with Crippen LogP contribution in [-0.2, 0) is 6.42 Å². The zero-order chi connectivity index (χ0) is 21.3. The Morgan fingerprint density at radius 1 is 1.00 bits per heavy atom. The molecule has 2 rings (SSSR count). The summed E-state index contributed by atoms with van der Waals surface area (Å²) >= 11 is 0. The van der Waals surface area contributed by atoms with Crippen LogP contribution in [0.25, 0.3) is 0 Å². The van der Waals surface area contributed by atoms with Gasteiger partial charge in [-0.15, -0.1) is 0 Å². The Kier molecular flexibility index (Phi) is 5.07. The van der Waals surface area contributed by atoms with Crippen LogP contribution < -0.4 is 5.32 Å². The molecule has 0 saturated heterocycles. The van der Waals surface area contributed by atoms with Gasteiger partial charge < -0.3 is 5.32 Å². The standard InChI is InChI=1S/C20H21F5N2S/c1-15(20(2,3)13-12-16-4-6-17(14-26)7-5-16)27-18-8-10-19(11-9-18)28(21,22,23,24)25/h4-11,27H,1,12-13H2,2-3H3. The van der Waals surface area contributed by atoms with E-state index in [1.165, 1.54) is 0 Å². The molecular formula is C20H21F5N2S. The number of hydrogen-bond acceptors (Lipinski definition) is 2. The number of nitrogens with one attached hydrogen (secondary N) is 1. The van der Waals surface area contributed by atoms with E-state index in [4.69, 9.17) is 5.26 Å². The van der Waals surface area contributed by atoms with Crippen molar-refractivity contribution < 1.29 is 19.4 Å². The van der Waals surface area contributed by atoms with Gasteiger partial charge in [-0.05, 0) is 54.8 Å². The van der Waals surface area contributed by atoms with Gasteiger partial charge >= 0.3 is 10.2 Å². The average Bonchev–Trinajstić information content (AvgIpc) is 2.59. The molecule has 0 bridgehead atoms. The van der Waals surface area contributed by atoms with Crippen molar-refractivity contribution >= 4 is 15.9 Å². The first-order chi connectivity index (χ1) is 12.6. The molecule has 2 nitrogen and oxygen atoms in total. The van der Waals surface area contributed by atoms with Crippen LogP contribution in [0.2, 0.25) is 0 Å². The van der Waals surface area contributed by atoms with Crippen molar-refractivity contribution in [3.05, 3.63) is 71.9 Å². The predicted molar refractivity (Wildman–Crippen MR) is 104 cm³/mol. The van der Waals surface area contributed by atoms with E-state index >= 15 is 0 Å². The summed E-state index contributed by atoms with van der Waals surface area (Å²) < 4.78 is 63.9. The van der Waals surface area contributed by atoms with E-state index < -0.39 is 20.5 Å². The molecule has 152 valence electrons. The Labute approximate surface area is 161 Å². The van der Waals surface area contributed by atoms with Crippen molar-refractivity contribution in [1.29, 1.82) is 5.26 Å². The largest absolute Gasteiger partial charge is 0.359 e. The van der Waals surface area contributed by atoms with Gasteiger partial charge in [0, 0.05) is 16.8 Å². The Bertz CT molecular complexity index is 909. The van der Waals surface area contributed by atoms with Crippen molar-refractivity contribution in [3.63, 3.8) is 0 Å². The van der Waals surface area contributed by atoms with Crippen LogP contribution >= 0.6 is 10.2 Å². The summed E-state index contributed by atoms with van der Waals surface area (Å²) in [7, 11) is -9.67. The van der Waals surface area contributed by atoms with E-state index in [1.54, 1.807) is 12.1 Å². The number of nitrogens with zero attached hydrogens (tertiary/aromatic N) is 1. The lowest BCUT2D eigenvalue weighted by Gasteiger charge is -2.40. The molecular weight excluding hydrogens is 395 g/mol. The maximum atomic E-state index is 12.8. The van der Waals surface area contributed by atoms with Gasteiger partial charge in [0.15, 0.2) is 0 Å². The minimum Gasteiger partial charge on any atom is -0.359 e. The van der Waals surface area contributed by atoms with Gasteiger partial charge in [-0.25, -0.2) is 0 Å². The maximum Gasteiger partial charge on any atom is 0.310 e. The molecule has 0 aliphatic heterocycles. The number of hydrogen-bond donors (Lipinski definition) is 1. The van der Waals surface area contributed by atoms with Crippen LogP contribution in [0.15, 0.2) is 65.7 Å². The van der Waals surface area contributed by atoms with Gasteiger partial charge in [0.05, 0.1) is 11.6 Å². The summed E-state index contributed by atoms with van der Waals surface area (Å²) in [6.07, 6.45) is 1.40. The molecule has 0 saturated carbocycles. The topological polar surface area (TPSA) is 35.8 Å². The summed E-state index contributed by atoms with van der Waals surface area (Å²) in [5.41, 5.74) is 2.01. The van der Waals surface area contributed by atoms with Gasteiger partial charge in [-0.1, -0.05) is 52.0 Å². The number of halogens is 5. The van der Waals surface area contributed by atoms with E-state index in [1.807, 2.05) is 26.0 Å². The van der Waals surface area contributed by atoms with Crippen molar-refractivity contribution in [3.8, 4) is 6.07 Å². The van der Waals surface area contributed by atoms with Gasteiger partial charge in [-0.3, -0.25) is 0 Å². The van der Waals surface area contributed by atoms with Crippen LogP contribution in [0, 0.1) is 16.7 Å². The van der Waals surface area contributed by atoms with E-state index in [2.05, 4.69) is 18.0 Å². The second-order valence-electron chi connectivity index (χ2n) is 7.29. The minimum atomic E-state index is -9.67. The molecule has 0 aliphatic carbocycles. The molecule has 0 radical (unpaired) electrons. The molecule has 0 amide bonds. The highest BCUT2D eigenvalue weighted by atomic mass is 32.5. The van der Waals surface area contributed by atoms with E-state index in [0.29, 0.717) is 36.2 Å². The quantitative estimate of drug-likeness (QED) is 0.467. The Morgan fingerprint density at radius 3 is 2.00 bits per heavy atom. The SMILES string of the molecule is C=C(Nc1ccc(S(F)(F)(F)(F)F)cc1)C(C)(C)CCc1ccc(C#N)cc1. The fourth-order valence-corrected chi connectivity index (χ4v) is 3.14. The number of allylic oxidation sites excluding steroid dienone is 1. The first-order valence-corrected chi connectivity index (χ1v) is 10.4. The number of benzene rings is 2. The smallest absolute Gasteiger partial charge is 0.310 e. The van der Waals surface area contributed by atoms with Crippen molar-refractivity contribution in [2.75, 3.05) is 5.32 Å². The minimum absolute atomic E-state index is 0.252. The summed E-state index contributed by atoms with van der Waals surface area (Å²) in [5, 5.41) is 11.7. The molecule has 2 aromatic carbocycles. The number of aryl methyl sites for hydroxylation is 1. The third-order valence-corrected chi connectivity index (χ3v) is 5.70. The summed E-state index contributed by atoms with van der Waals surface area (Å²) in [5.74, 6) is 0. The van der Waals surface area contributed by atoms with Gasteiger partial charge in [-0.2, -0.15) is 5.26 Å². The van der Waals surface area contributed by atoms with Crippen LogP contribution in [0.5, 0.6) is 0 Å². The molecule has 28 heavy (non-hydrogen) atoms. The second kappa shape index (κ2) is 6.52. The highest BCUT2D eigenvalue weighted by molar-refractivity contribution is 8.45. The summed E-state index contributed by atoms with van der Waals surface area (Å²) in [6, 6.07) is 11.9. The molecule has 1 N–H and O–H groups in total. The summed E-state index contributed by atoms with van der Waals surface area (Å²) in [6.45, 7) is 7.79. The lowest BCUT2D eigenvalue weighted by Crippen LogP contribution is -2.20. The zero-order valence-electron chi connectivity index (χ0n) is 15.5. The third-order valence-electron chi connectivity index (χ3n) is 4.53. The third kappa shape index (κ3) is 5.73. The van der Waals surface area contributed by atoms with Gasteiger partial charge in [0.2, 0.25) is 0 Å². The van der Waals surface area contributed by atoms with Crippen LogP contribution in [-0.4, -0.2) is 0 Å². The monoisotopic (exact) mass is 416 g/mol. The Balaban J connectivity index is 2.03. The lowest BCUT2D eigenvalue weighted by molar-refractivity contribution is 0.364. The Morgan fingerprint density at radius 2 is 1.54 bits per heavy atom. The first kappa shape index (κ1) is 21.8. The van der Waals surface area contributed by atoms with E-state index in [9.17, 15) is 19.4 Å². The molecule has 0 atom stereocenters. The van der Waals surface area contributed by atoms with Crippen LogP contribution in [0.4, 0.5) is 25.1 Å². The predicted octanol–water partition coefficient (Wildman–Crippen LogP) is 7.80. The van der Waals surface area contributed by atoms with Crippen molar-refractivity contribution in [1.82, 2.24) is 0 Å². The molecule has 0 heterocycles. The van der Waals surface area contributed by atoms with Crippen LogP contribution in [0.3, 0.4) is 0 Å². The highest BCUT2D eigenvalue weighted by Gasteiger charge is 2.65. The zero-order valence-corrected chi connectivity index (χ0v) is 16.3. The molecule has 0 fully saturated rings. The normalized spacial score (nSPS) is 14.5. The second-order valence-corrected chi connectivity index (χ2v) is 9.70. The van der Waals surface area contributed by atoms with Crippen molar-refractivity contribution in [2.45, 2.75) is 31.6 Å². The van der Waals surface area contributed by atoms with E-state index in [0.717, 1.165) is 17.7 Å². The molecule has 8 heteroatoms. The fourth-order valence-electron chi connectivity index (χ4n) is 2.49. The van der Waals surface area contributed by atoms with Crippen LogP contribution in [0.1, 0.15) is 31.4 Å². The first-order valence-electron chi connectivity index (χ1n) is 8.40. The number of anilines is 1. The molecule has 0 unspecified atom stereocenters. The highest BCUT2D eigenvalue weighted by Crippen LogP contribution is 3.02. The lowest BCUT2D eigenvalue weighted by atomic mass is 9.83. The summed E-state index contributed by atoms with van der Waals surface area (Å²) in [4.78, 5) is -1.92. The Hall–Kier alpha value is -2.53. The maximum absolute atomic E-state index is 12.8. The molecule has 0 aliphatic rings. The number of nitriles is 1. The molecule has 2 aromatic rings. The van der Waals surface area contributed by atoms with Crippen molar-refractivity contribution in [2.24, 2.45) is 5.41 Å². The van der Waals surface area contributed by atoms with E-state index in [-0.39, 0.29) is 5.69 Å². The van der Waals surface area contributed by atoms with Gasteiger partial charge in [0.25, 0.3) is 0 Å². The van der Waals surface area contributed by atoms with Gasteiger partial charge in [0.1, 0.15) is 4.90 Å². The number of rotatable bonds is 7. The molecule has 0 aromatic heterocycles. The fraction of sp³-hybridized carbons (Fsp3) is 0.250. The average molecular weight is 416 g/mol.